The van der Waals surface area contributed by atoms with Gasteiger partial charge in [-0.25, -0.2) is 0 Å². The fourth-order valence-corrected chi connectivity index (χ4v) is 5.20. The predicted octanol–water partition coefficient (Wildman–Crippen LogP) is 3.84. The minimum Gasteiger partial charge on any atom is -0.493 e. The molecule has 0 radical (unpaired) electrons. The molecule has 2 aliphatic heterocycles. The lowest BCUT2D eigenvalue weighted by Crippen LogP contribution is -2.72. The Balaban J connectivity index is 1.68. The summed E-state index contributed by atoms with van der Waals surface area (Å²) in [5.41, 5.74) is 2.20. The van der Waals surface area contributed by atoms with Gasteiger partial charge in [-0.05, 0) is 48.1 Å². The van der Waals surface area contributed by atoms with Crippen LogP contribution in [0.2, 0.25) is 0 Å². The molecule has 0 bridgehead atoms. The first-order chi connectivity index (χ1) is 13.6. The maximum atomic E-state index is 12.7. The zero-order chi connectivity index (χ0) is 19.7. The summed E-state index contributed by atoms with van der Waals surface area (Å²) in [4.78, 5) is 14.2. The van der Waals surface area contributed by atoms with Crippen molar-refractivity contribution in [2.75, 3.05) is 27.0 Å². The standard InChI is InChI=1S/C22H23NO4S/c1-25-18-10-9-15(14-19(18)26-2)13-16-11-12-23-21(24)20(22(16,23)28-3)27-17-7-5-4-6-8-17/h4-10,13-14,20H,11-12H2,1-3H3/b16-13-. The minimum atomic E-state index is -0.515. The van der Waals surface area contributed by atoms with E-state index in [1.165, 1.54) is 5.57 Å². The highest BCUT2D eigenvalue weighted by atomic mass is 32.2. The number of thioether (sulfide) groups is 1. The zero-order valence-electron chi connectivity index (χ0n) is 16.2. The number of benzene rings is 2. The van der Waals surface area contributed by atoms with Gasteiger partial charge in [0.25, 0.3) is 5.91 Å². The normalized spacial score (nSPS) is 24.7. The Morgan fingerprint density at radius 2 is 1.86 bits per heavy atom. The van der Waals surface area contributed by atoms with Crippen molar-refractivity contribution in [3.63, 3.8) is 0 Å². The van der Waals surface area contributed by atoms with Gasteiger partial charge in [0.05, 0.1) is 14.2 Å². The number of β-lactam (4-membered cyclic amide) rings is 1. The van der Waals surface area contributed by atoms with Crippen molar-refractivity contribution in [1.29, 1.82) is 0 Å². The fraction of sp³-hybridized carbons (Fsp3) is 0.318. The molecule has 5 nitrogen and oxygen atoms in total. The Labute approximate surface area is 169 Å². The van der Waals surface area contributed by atoms with Crippen molar-refractivity contribution in [2.45, 2.75) is 17.4 Å². The van der Waals surface area contributed by atoms with E-state index in [9.17, 15) is 4.79 Å². The summed E-state index contributed by atoms with van der Waals surface area (Å²) in [5.74, 6) is 2.15. The van der Waals surface area contributed by atoms with Crippen LogP contribution >= 0.6 is 11.8 Å². The lowest BCUT2D eigenvalue weighted by atomic mass is 9.92. The van der Waals surface area contributed by atoms with Crippen LogP contribution < -0.4 is 14.2 Å². The van der Waals surface area contributed by atoms with Gasteiger partial charge in [-0.15, -0.1) is 11.8 Å². The number of carbonyl (C=O) groups is 1. The first-order valence-corrected chi connectivity index (χ1v) is 10.4. The van der Waals surface area contributed by atoms with Crippen LogP contribution in [0.25, 0.3) is 6.08 Å². The SMILES string of the molecule is COc1ccc(/C=C2/CCN3C(=O)C(Oc4ccccc4)C23SC)cc1OC. The largest absolute Gasteiger partial charge is 0.493 e. The van der Waals surface area contributed by atoms with Gasteiger partial charge in [-0.1, -0.05) is 30.3 Å². The molecule has 2 saturated heterocycles. The van der Waals surface area contributed by atoms with Gasteiger partial charge < -0.3 is 19.1 Å². The molecule has 2 aliphatic rings. The zero-order valence-corrected chi connectivity index (χ0v) is 17.0. The third-order valence-corrected chi connectivity index (χ3v) is 6.69. The molecule has 2 aromatic rings. The molecular weight excluding hydrogens is 374 g/mol. The highest BCUT2D eigenvalue weighted by molar-refractivity contribution is 8.00. The first kappa shape index (κ1) is 18.7. The Hall–Kier alpha value is -2.60. The average Bonchev–Trinajstić information content (AvgIpc) is 3.07. The second-order valence-electron chi connectivity index (χ2n) is 6.74. The predicted molar refractivity (Wildman–Crippen MR) is 111 cm³/mol. The average molecular weight is 397 g/mol. The number of rotatable bonds is 6. The summed E-state index contributed by atoms with van der Waals surface area (Å²) >= 11 is 1.66. The summed E-state index contributed by atoms with van der Waals surface area (Å²) in [5, 5.41) is 0. The maximum absolute atomic E-state index is 12.7. The van der Waals surface area contributed by atoms with Crippen LogP contribution in [0.5, 0.6) is 17.2 Å². The van der Waals surface area contributed by atoms with E-state index in [1.807, 2.05) is 59.7 Å². The number of fused-ring (bicyclic) bond motifs is 1. The molecule has 2 unspecified atom stereocenters. The second kappa shape index (κ2) is 7.43. The molecule has 0 N–H and O–H groups in total. The van der Waals surface area contributed by atoms with E-state index in [2.05, 4.69) is 6.08 Å². The molecule has 0 saturated carbocycles. The van der Waals surface area contributed by atoms with Crippen molar-refractivity contribution >= 4 is 23.7 Å². The number of carbonyl (C=O) groups excluding carboxylic acids is 1. The van der Waals surface area contributed by atoms with Crippen LogP contribution in [0.3, 0.4) is 0 Å². The molecule has 28 heavy (non-hydrogen) atoms. The van der Waals surface area contributed by atoms with Crippen LogP contribution in [-0.2, 0) is 4.79 Å². The van der Waals surface area contributed by atoms with Crippen molar-refractivity contribution in [3.8, 4) is 17.2 Å². The molecule has 146 valence electrons. The number of ether oxygens (including phenoxy) is 3. The van der Waals surface area contributed by atoms with Gasteiger partial charge in [-0.3, -0.25) is 4.79 Å². The smallest absolute Gasteiger partial charge is 0.268 e. The van der Waals surface area contributed by atoms with Gasteiger partial charge in [0, 0.05) is 6.54 Å². The molecule has 0 spiro atoms. The molecule has 6 heteroatoms. The van der Waals surface area contributed by atoms with E-state index in [0.29, 0.717) is 23.8 Å². The lowest BCUT2D eigenvalue weighted by Gasteiger charge is -2.52. The Morgan fingerprint density at radius 3 is 2.54 bits per heavy atom. The second-order valence-corrected chi connectivity index (χ2v) is 7.77. The third kappa shape index (κ3) is 2.83. The summed E-state index contributed by atoms with van der Waals surface area (Å²) in [6.45, 7) is 0.716. The molecular formula is C22H23NO4S. The monoisotopic (exact) mass is 397 g/mol. The van der Waals surface area contributed by atoms with Crippen LogP contribution in [0.15, 0.2) is 54.1 Å². The molecule has 2 aromatic carbocycles. The quantitative estimate of drug-likeness (QED) is 0.693. The number of para-hydroxylation sites is 1. The van der Waals surface area contributed by atoms with E-state index >= 15 is 0 Å². The Morgan fingerprint density at radius 1 is 1.11 bits per heavy atom. The summed E-state index contributed by atoms with van der Waals surface area (Å²) in [6.07, 6.45) is 4.50. The lowest BCUT2D eigenvalue weighted by molar-refractivity contribution is -0.160. The minimum absolute atomic E-state index is 0.0499. The number of hydrogen-bond donors (Lipinski definition) is 0. The Bertz CT molecular complexity index is 914. The number of nitrogens with zero attached hydrogens (tertiary/aromatic N) is 1. The molecule has 4 rings (SSSR count). The van der Waals surface area contributed by atoms with Gasteiger partial charge in [-0.2, -0.15) is 0 Å². The van der Waals surface area contributed by atoms with Gasteiger partial charge in [0.1, 0.15) is 5.75 Å². The molecule has 2 atom stereocenters. The number of hydrogen-bond acceptors (Lipinski definition) is 5. The van der Waals surface area contributed by atoms with Crippen molar-refractivity contribution < 1.29 is 19.0 Å². The topological polar surface area (TPSA) is 48.0 Å². The Kier molecular flexibility index (Phi) is 4.98. The molecule has 0 aliphatic carbocycles. The highest BCUT2D eigenvalue weighted by Gasteiger charge is 2.66. The van der Waals surface area contributed by atoms with E-state index in [-0.39, 0.29) is 5.91 Å². The summed E-state index contributed by atoms with van der Waals surface area (Å²) < 4.78 is 16.9. The van der Waals surface area contributed by atoms with Gasteiger partial charge in [0.15, 0.2) is 16.4 Å². The van der Waals surface area contributed by atoms with E-state index < -0.39 is 11.0 Å². The van der Waals surface area contributed by atoms with Crippen molar-refractivity contribution in [1.82, 2.24) is 4.90 Å². The van der Waals surface area contributed by atoms with Gasteiger partial charge >= 0.3 is 0 Å². The number of methoxy groups -OCH3 is 2. The van der Waals surface area contributed by atoms with Crippen LogP contribution in [0, 0.1) is 0 Å². The fourth-order valence-electron chi connectivity index (χ4n) is 4.01. The van der Waals surface area contributed by atoms with Crippen LogP contribution in [0.4, 0.5) is 0 Å². The van der Waals surface area contributed by atoms with E-state index in [0.717, 1.165) is 12.0 Å². The van der Waals surface area contributed by atoms with E-state index in [4.69, 9.17) is 14.2 Å². The summed E-state index contributed by atoms with van der Waals surface area (Å²) in [6, 6.07) is 15.4. The molecule has 1 amide bonds. The van der Waals surface area contributed by atoms with Crippen molar-refractivity contribution in [2.24, 2.45) is 0 Å². The summed E-state index contributed by atoms with van der Waals surface area (Å²) in [7, 11) is 3.25. The first-order valence-electron chi connectivity index (χ1n) is 9.15. The maximum Gasteiger partial charge on any atom is 0.268 e. The molecule has 2 fully saturated rings. The van der Waals surface area contributed by atoms with E-state index in [1.54, 1.807) is 26.0 Å². The molecule has 0 aromatic heterocycles. The number of amides is 1. The van der Waals surface area contributed by atoms with Crippen molar-refractivity contribution in [3.05, 3.63) is 59.7 Å². The third-order valence-electron chi connectivity index (χ3n) is 5.37. The highest BCUT2D eigenvalue weighted by Crippen LogP contribution is 2.54. The van der Waals surface area contributed by atoms with Crippen LogP contribution in [0.1, 0.15) is 12.0 Å². The van der Waals surface area contributed by atoms with Gasteiger partial charge in [0.2, 0.25) is 6.10 Å². The van der Waals surface area contributed by atoms with Crippen LogP contribution in [-0.4, -0.2) is 48.8 Å². The molecule has 2 heterocycles.